The number of fused-ring (bicyclic) bond motifs is 1. The number of rotatable bonds is 4. The van der Waals surface area contributed by atoms with Crippen molar-refractivity contribution < 1.29 is 28.2 Å². The molecule has 7 heteroatoms. The van der Waals surface area contributed by atoms with Crippen LogP contribution in [-0.4, -0.2) is 30.8 Å². The number of hydrogen-bond donors (Lipinski definition) is 2. The third kappa shape index (κ3) is 2.67. The number of carboxylic acid groups (broad SMARTS) is 1. The summed E-state index contributed by atoms with van der Waals surface area (Å²) < 4.78 is 37.6. The van der Waals surface area contributed by atoms with Gasteiger partial charge in [-0.15, -0.1) is 0 Å². The molecule has 0 spiro atoms. The molecule has 1 aliphatic rings. The van der Waals surface area contributed by atoms with Crippen LogP contribution in [0.2, 0.25) is 0 Å². The number of hydrogen-bond acceptors (Lipinski definition) is 4. The van der Waals surface area contributed by atoms with E-state index in [1.54, 1.807) is 0 Å². The molecule has 0 aromatic heterocycles. The summed E-state index contributed by atoms with van der Waals surface area (Å²) in [5.74, 6) is -5.11. The minimum absolute atomic E-state index is 0.119. The molecule has 110 valence electrons. The Balaban J connectivity index is 2.61. The molecule has 0 radical (unpaired) electrons. The van der Waals surface area contributed by atoms with Crippen molar-refractivity contribution in [1.29, 1.82) is 0 Å². The lowest BCUT2D eigenvalue weighted by molar-refractivity contribution is -0.138. The third-order valence-electron chi connectivity index (χ3n) is 3.09. The second-order valence-corrected chi connectivity index (χ2v) is 4.60. The normalized spacial score (nSPS) is 15.8. The minimum atomic E-state index is -3.11. The van der Waals surface area contributed by atoms with Gasteiger partial charge in [0.2, 0.25) is 0 Å². The number of aliphatic carboxylic acids is 1. The minimum Gasteiger partial charge on any atom is -0.486 e. The van der Waals surface area contributed by atoms with Crippen LogP contribution in [0.25, 0.3) is 0 Å². The zero-order valence-electron chi connectivity index (χ0n) is 10.9. The highest BCUT2D eigenvalue weighted by Crippen LogP contribution is 2.42. The summed E-state index contributed by atoms with van der Waals surface area (Å²) in [6, 6.07) is 2.30. The second-order valence-electron chi connectivity index (χ2n) is 4.60. The summed E-state index contributed by atoms with van der Waals surface area (Å²) in [6.45, 7) is 0.981. The van der Waals surface area contributed by atoms with Gasteiger partial charge in [-0.1, -0.05) is 0 Å². The van der Waals surface area contributed by atoms with Gasteiger partial charge in [0.25, 0.3) is 5.92 Å². The molecule has 1 aliphatic heterocycles. The van der Waals surface area contributed by atoms with E-state index in [1.807, 2.05) is 0 Å². The highest BCUT2D eigenvalue weighted by atomic mass is 19.3. The molecule has 1 heterocycles. The highest BCUT2D eigenvalue weighted by Gasteiger charge is 2.32. The molecule has 0 saturated heterocycles. The number of benzene rings is 1. The summed E-state index contributed by atoms with van der Waals surface area (Å²) in [5.41, 5.74) is 5.23. The fourth-order valence-corrected chi connectivity index (χ4v) is 2.05. The van der Waals surface area contributed by atoms with E-state index in [2.05, 4.69) is 0 Å². The van der Waals surface area contributed by atoms with Crippen LogP contribution in [-0.2, 0) is 10.7 Å². The van der Waals surface area contributed by atoms with Gasteiger partial charge in [0.05, 0.1) is 5.92 Å². The topological polar surface area (TPSA) is 81.8 Å². The molecule has 1 unspecified atom stereocenters. The predicted octanol–water partition coefficient (Wildman–Crippen LogP) is 1.70. The van der Waals surface area contributed by atoms with E-state index in [0.717, 1.165) is 13.0 Å². The Morgan fingerprint density at radius 3 is 2.65 bits per heavy atom. The smallest absolute Gasteiger partial charge is 0.312 e. The van der Waals surface area contributed by atoms with Crippen molar-refractivity contribution in [3.05, 3.63) is 23.3 Å². The van der Waals surface area contributed by atoms with Gasteiger partial charge in [-0.3, -0.25) is 4.79 Å². The summed E-state index contributed by atoms with van der Waals surface area (Å²) >= 11 is 0. The largest absolute Gasteiger partial charge is 0.486 e. The molecule has 5 nitrogen and oxygen atoms in total. The lowest BCUT2D eigenvalue weighted by atomic mass is 9.94. The zero-order valence-corrected chi connectivity index (χ0v) is 10.9. The number of nitrogens with two attached hydrogens (primary N) is 1. The first-order valence-corrected chi connectivity index (χ1v) is 6.09. The molecule has 0 fully saturated rings. The summed E-state index contributed by atoms with van der Waals surface area (Å²) in [5, 5.41) is 9.16. The molecule has 2 rings (SSSR count). The zero-order chi connectivity index (χ0) is 14.9. The molecule has 0 aliphatic carbocycles. The molecule has 1 aromatic carbocycles. The lowest BCUT2D eigenvalue weighted by Gasteiger charge is -2.25. The van der Waals surface area contributed by atoms with Crippen LogP contribution in [0.1, 0.15) is 24.0 Å². The van der Waals surface area contributed by atoms with E-state index in [0.29, 0.717) is 0 Å². The average Bonchev–Trinajstić information content (AvgIpc) is 2.37. The van der Waals surface area contributed by atoms with Gasteiger partial charge < -0.3 is 20.3 Å². The van der Waals surface area contributed by atoms with Crippen molar-refractivity contribution in [2.75, 3.05) is 19.8 Å². The van der Waals surface area contributed by atoms with E-state index < -0.39 is 17.8 Å². The van der Waals surface area contributed by atoms with Crippen LogP contribution in [0.15, 0.2) is 12.1 Å². The van der Waals surface area contributed by atoms with E-state index in [9.17, 15) is 13.6 Å². The Labute approximate surface area is 114 Å². The Hall–Kier alpha value is -1.89. The Bertz CT molecular complexity index is 528. The van der Waals surface area contributed by atoms with Gasteiger partial charge in [-0.25, -0.2) is 8.78 Å². The van der Waals surface area contributed by atoms with Gasteiger partial charge in [0, 0.05) is 24.6 Å². The van der Waals surface area contributed by atoms with Crippen LogP contribution in [0.4, 0.5) is 8.78 Å². The van der Waals surface area contributed by atoms with Gasteiger partial charge in [0.1, 0.15) is 13.2 Å². The first kappa shape index (κ1) is 14.5. The molecule has 20 heavy (non-hydrogen) atoms. The Kier molecular flexibility index (Phi) is 3.80. The van der Waals surface area contributed by atoms with E-state index >= 15 is 0 Å². The van der Waals surface area contributed by atoms with Crippen LogP contribution in [0.5, 0.6) is 11.5 Å². The van der Waals surface area contributed by atoms with Gasteiger partial charge in [-0.05, 0) is 12.1 Å². The SMILES string of the molecule is CC(F)(F)c1cc2c(c(C(CN)C(=O)O)c1)OCCO2. The third-order valence-corrected chi connectivity index (χ3v) is 3.09. The Morgan fingerprint density at radius 2 is 2.10 bits per heavy atom. The quantitative estimate of drug-likeness (QED) is 0.880. The van der Waals surface area contributed by atoms with Crippen LogP contribution < -0.4 is 15.2 Å². The first-order chi connectivity index (χ1) is 9.34. The van der Waals surface area contributed by atoms with E-state index in [-0.39, 0.29) is 42.4 Å². The summed E-state index contributed by atoms with van der Waals surface area (Å²) in [6.07, 6.45) is 0. The fraction of sp³-hybridized carbons (Fsp3) is 0.462. The van der Waals surface area contributed by atoms with Crippen molar-refractivity contribution in [2.45, 2.75) is 18.8 Å². The lowest BCUT2D eigenvalue weighted by Crippen LogP contribution is -2.25. The van der Waals surface area contributed by atoms with Gasteiger partial charge in [-0.2, -0.15) is 0 Å². The standard InChI is InChI=1S/C13H15F2NO4/c1-13(14,15)7-4-8(9(6-16)12(17)18)11-10(5-7)19-2-3-20-11/h4-5,9H,2-3,6,16H2,1H3,(H,17,18). The number of carboxylic acids is 1. The monoisotopic (exact) mass is 287 g/mol. The molecule has 3 N–H and O–H groups in total. The predicted molar refractivity (Wildman–Crippen MR) is 66.4 cm³/mol. The molecular formula is C13H15F2NO4. The molecule has 0 saturated carbocycles. The molecule has 1 atom stereocenters. The summed E-state index contributed by atoms with van der Waals surface area (Å²) in [4.78, 5) is 11.2. The first-order valence-electron chi connectivity index (χ1n) is 6.09. The number of carbonyl (C=O) groups is 1. The number of alkyl halides is 2. The van der Waals surface area contributed by atoms with Crippen molar-refractivity contribution >= 4 is 5.97 Å². The number of ether oxygens (including phenoxy) is 2. The van der Waals surface area contributed by atoms with Crippen molar-refractivity contribution in [1.82, 2.24) is 0 Å². The maximum atomic E-state index is 13.5. The average molecular weight is 287 g/mol. The van der Waals surface area contributed by atoms with Crippen molar-refractivity contribution in [3.63, 3.8) is 0 Å². The van der Waals surface area contributed by atoms with Crippen LogP contribution >= 0.6 is 0 Å². The summed E-state index contributed by atoms with van der Waals surface area (Å²) in [7, 11) is 0. The fourth-order valence-electron chi connectivity index (χ4n) is 2.05. The highest BCUT2D eigenvalue weighted by molar-refractivity contribution is 5.78. The molecule has 1 aromatic rings. The van der Waals surface area contributed by atoms with Crippen molar-refractivity contribution in [2.24, 2.45) is 5.73 Å². The molecular weight excluding hydrogens is 272 g/mol. The number of halogens is 2. The van der Waals surface area contributed by atoms with Crippen LogP contribution in [0, 0.1) is 0 Å². The van der Waals surface area contributed by atoms with E-state index in [1.165, 1.54) is 6.07 Å². The second kappa shape index (κ2) is 5.24. The molecule has 0 bridgehead atoms. The molecule has 0 amide bonds. The van der Waals surface area contributed by atoms with Gasteiger partial charge in [0.15, 0.2) is 11.5 Å². The van der Waals surface area contributed by atoms with E-state index in [4.69, 9.17) is 20.3 Å². The van der Waals surface area contributed by atoms with Gasteiger partial charge >= 0.3 is 5.97 Å². The maximum absolute atomic E-state index is 13.5. The maximum Gasteiger partial charge on any atom is 0.312 e. The van der Waals surface area contributed by atoms with Crippen molar-refractivity contribution in [3.8, 4) is 11.5 Å². The van der Waals surface area contributed by atoms with Crippen LogP contribution in [0.3, 0.4) is 0 Å². The Morgan fingerprint density at radius 1 is 1.45 bits per heavy atom.